The largest absolute Gasteiger partial charge is 0.364 e. The number of aryl methyl sites for hydroxylation is 2. The topological polar surface area (TPSA) is 56.0 Å². The van der Waals surface area contributed by atoms with E-state index in [-0.39, 0.29) is 0 Å². The summed E-state index contributed by atoms with van der Waals surface area (Å²) in [6.07, 6.45) is 4.69. The van der Waals surface area contributed by atoms with Crippen LogP contribution >= 0.6 is 11.3 Å². The molecule has 0 atom stereocenters. The number of hydrogen-bond acceptors (Lipinski definition) is 3. The maximum absolute atomic E-state index is 11.6. The summed E-state index contributed by atoms with van der Waals surface area (Å²) in [4.78, 5) is 18.5. The molecule has 0 spiro atoms. The Morgan fingerprint density at radius 2 is 1.91 bits per heavy atom. The monoisotopic (exact) mass is 308 g/mol. The summed E-state index contributed by atoms with van der Waals surface area (Å²) in [6, 6.07) is 12.0. The van der Waals surface area contributed by atoms with Crippen molar-refractivity contribution >= 4 is 27.5 Å². The SMILES string of the molecule is NC(=O)c1cc(-c2ccccc2)c2c3c(sc2n1)CCCC3. The number of hydrogen-bond donors (Lipinski definition) is 1. The van der Waals surface area contributed by atoms with Gasteiger partial charge < -0.3 is 5.73 Å². The third kappa shape index (κ3) is 2.11. The van der Waals surface area contributed by atoms with Crippen molar-refractivity contribution in [2.75, 3.05) is 0 Å². The summed E-state index contributed by atoms with van der Waals surface area (Å²) in [5.41, 5.74) is 9.45. The molecule has 2 aromatic heterocycles. The summed E-state index contributed by atoms with van der Waals surface area (Å²) < 4.78 is 0. The summed E-state index contributed by atoms with van der Waals surface area (Å²) in [7, 11) is 0. The third-order valence-corrected chi connectivity index (χ3v) is 5.45. The van der Waals surface area contributed by atoms with E-state index >= 15 is 0 Å². The maximum atomic E-state index is 11.6. The molecule has 2 heterocycles. The first-order chi connectivity index (χ1) is 10.7. The zero-order valence-corrected chi connectivity index (χ0v) is 13.0. The number of nitrogens with two attached hydrogens (primary N) is 1. The van der Waals surface area contributed by atoms with Gasteiger partial charge in [-0.3, -0.25) is 4.79 Å². The van der Waals surface area contributed by atoms with Gasteiger partial charge in [0.15, 0.2) is 0 Å². The van der Waals surface area contributed by atoms with Crippen molar-refractivity contribution in [3.8, 4) is 11.1 Å². The second-order valence-corrected chi connectivity index (χ2v) is 6.76. The Hall–Kier alpha value is -2.20. The van der Waals surface area contributed by atoms with E-state index < -0.39 is 5.91 Å². The molecule has 22 heavy (non-hydrogen) atoms. The van der Waals surface area contributed by atoms with Crippen LogP contribution in [0.15, 0.2) is 36.4 Å². The number of nitrogens with zero attached hydrogens (tertiary/aromatic N) is 1. The van der Waals surface area contributed by atoms with Gasteiger partial charge in [-0.1, -0.05) is 30.3 Å². The van der Waals surface area contributed by atoms with Crippen LogP contribution in [0.1, 0.15) is 33.8 Å². The lowest BCUT2D eigenvalue weighted by molar-refractivity contribution is 0.0996. The first kappa shape index (κ1) is 13.5. The number of carbonyl (C=O) groups excluding carboxylic acids is 1. The van der Waals surface area contributed by atoms with Crippen LogP contribution in [0.25, 0.3) is 21.3 Å². The Morgan fingerprint density at radius 1 is 1.14 bits per heavy atom. The third-order valence-electron chi connectivity index (χ3n) is 4.26. The molecule has 0 unspecified atom stereocenters. The average Bonchev–Trinajstić information content (AvgIpc) is 2.93. The van der Waals surface area contributed by atoms with Crippen molar-refractivity contribution in [3.05, 3.63) is 52.5 Å². The predicted octanol–water partition coefficient (Wildman–Crippen LogP) is 3.94. The smallest absolute Gasteiger partial charge is 0.267 e. The molecular weight excluding hydrogens is 292 g/mol. The molecular formula is C18H16N2OS. The molecule has 0 saturated heterocycles. The second-order valence-electron chi connectivity index (χ2n) is 5.68. The Balaban J connectivity index is 2.07. The van der Waals surface area contributed by atoms with E-state index in [0.717, 1.165) is 28.8 Å². The predicted molar refractivity (Wildman–Crippen MR) is 90.2 cm³/mol. The molecule has 0 radical (unpaired) electrons. The normalized spacial score (nSPS) is 14.0. The number of benzene rings is 1. The van der Waals surface area contributed by atoms with Crippen molar-refractivity contribution in [3.63, 3.8) is 0 Å². The van der Waals surface area contributed by atoms with Gasteiger partial charge in [-0.25, -0.2) is 4.98 Å². The van der Waals surface area contributed by atoms with Crippen LogP contribution in [0.4, 0.5) is 0 Å². The fourth-order valence-electron chi connectivity index (χ4n) is 3.23. The molecule has 4 rings (SSSR count). The molecule has 0 fully saturated rings. The summed E-state index contributed by atoms with van der Waals surface area (Å²) in [6.45, 7) is 0. The standard InChI is InChI=1S/C18H16N2OS/c19-17(21)14-10-13(11-6-2-1-3-7-11)16-12-8-4-5-9-15(12)22-18(16)20-14/h1-3,6-7,10H,4-5,8-9H2,(H2,19,21). The van der Waals surface area contributed by atoms with Crippen molar-refractivity contribution in [1.29, 1.82) is 0 Å². The second kappa shape index (κ2) is 5.21. The van der Waals surface area contributed by atoms with E-state index in [0.29, 0.717) is 5.69 Å². The number of thiophene rings is 1. The van der Waals surface area contributed by atoms with Crippen LogP contribution in [-0.2, 0) is 12.8 Å². The van der Waals surface area contributed by atoms with Gasteiger partial charge in [-0.05, 0) is 48.4 Å². The molecule has 2 N–H and O–H groups in total. The summed E-state index contributed by atoms with van der Waals surface area (Å²) >= 11 is 1.72. The number of aromatic nitrogens is 1. The lowest BCUT2D eigenvalue weighted by atomic mass is 9.92. The molecule has 1 amide bonds. The Kier molecular flexibility index (Phi) is 3.19. The van der Waals surface area contributed by atoms with E-state index in [2.05, 4.69) is 17.1 Å². The minimum Gasteiger partial charge on any atom is -0.364 e. The zero-order valence-electron chi connectivity index (χ0n) is 12.1. The van der Waals surface area contributed by atoms with Crippen molar-refractivity contribution < 1.29 is 4.79 Å². The van der Waals surface area contributed by atoms with Gasteiger partial charge in [0.2, 0.25) is 0 Å². The Morgan fingerprint density at radius 3 is 2.68 bits per heavy atom. The van der Waals surface area contributed by atoms with Crippen LogP contribution in [-0.4, -0.2) is 10.9 Å². The minimum absolute atomic E-state index is 0.352. The molecule has 110 valence electrons. The van der Waals surface area contributed by atoms with Gasteiger partial charge in [-0.2, -0.15) is 0 Å². The summed E-state index contributed by atoms with van der Waals surface area (Å²) in [5.74, 6) is -0.467. The Bertz CT molecular complexity index is 868. The van der Waals surface area contributed by atoms with Gasteiger partial charge in [0.1, 0.15) is 10.5 Å². The lowest BCUT2D eigenvalue weighted by Gasteiger charge is -2.12. The van der Waals surface area contributed by atoms with Crippen LogP contribution in [0.2, 0.25) is 0 Å². The first-order valence-corrected chi connectivity index (χ1v) is 8.36. The summed E-state index contributed by atoms with van der Waals surface area (Å²) in [5, 5.41) is 1.22. The highest BCUT2D eigenvalue weighted by Crippen LogP contribution is 2.40. The molecule has 0 bridgehead atoms. The number of primary amides is 1. The first-order valence-electron chi connectivity index (χ1n) is 7.54. The van der Waals surface area contributed by atoms with Gasteiger partial charge in [0.25, 0.3) is 5.91 Å². The van der Waals surface area contributed by atoms with Gasteiger partial charge >= 0.3 is 0 Å². The van der Waals surface area contributed by atoms with E-state index in [1.165, 1.54) is 28.7 Å². The zero-order chi connectivity index (χ0) is 15.1. The fourth-order valence-corrected chi connectivity index (χ4v) is 4.52. The fraction of sp³-hybridized carbons (Fsp3) is 0.222. The lowest BCUT2D eigenvalue weighted by Crippen LogP contribution is -2.13. The molecule has 0 aliphatic heterocycles. The number of amides is 1. The highest BCUT2D eigenvalue weighted by molar-refractivity contribution is 7.19. The molecule has 1 aromatic carbocycles. The quantitative estimate of drug-likeness (QED) is 0.779. The van der Waals surface area contributed by atoms with E-state index in [9.17, 15) is 4.79 Å². The maximum Gasteiger partial charge on any atom is 0.267 e. The van der Waals surface area contributed by atoms with Gasteiger partial charge in [-0.15, -0.1) is 11.3 Å². The number of rotatable bonds is 2. The highest BCUT2D eigenvalue weighted by atomic mass is 32.1. The number of fused-ring (bicyclic) bond motifs is 3. The van der Waals surface area contributed by atoms with Gasteiger partial charge in [0.05, 0.1) is 0 Å². The number of carbonyl (C=O) groups is 1. The van der Waals surface area contributed by atoms with Crippen molar-refractivity contribution in [2.45, 2.75) is 25.7 Å². The molecule has 4 heteroatoms. The van der Waals surface area contributed by atoms with Crippen LogP contribution < -0.4 is 5.73 Å². The van der Waals surface area contributed by atoms with E-state index in [4.69, 9.17) is 5.73 Å². The van der Waals surface area contributed by atoms with Crippen molar-refractivity contribution in [1.82, 2.24) is 4.98 Å². The molecule has 0 saturated carbocycles. The molecule has 3 nitrogen and oxygen atoms in total. The minimum atomic E-state index is -0.467. The van der Waals surface area contributed by atoms with Gasteiger partial charge in [0, 0.05) is 10.3 Å². The van der Waals surface area contributed by atoms with E-state index in [1.54, 1.807) is 11.3 Å². The van der Waals surface area contributed by atoms with Crippen LogP contribution in [0.3, 0.4) is 0 Å². The average molecular weight is 308 g/mol. The highest BCUT2D eigenvalue weighted by Gasteiger charge is 2.21. The van der Waals surface area contributed by atoms with Crippen LogP contribution in [0.5, 0.6) is 0 Å². The van der Waals surface area contributed by atoms with Crippen LogP contribution in [0, 0.1) is 0 Å². The van der Waals surface area contributed by atoms with Crippen molar-refractivity contribution in [2.24, 2.45) is 5.73 Å². The molecule has 1 aliphatic rings. The Labute approximate surface area is 132 Å². The van der Waals surface area contributed by atoms with E-state index in [1.807, 2.05) is 24.3 Å². The number of pyridine rings is 1. The molecule has 3 aromatic rings. The molecule has 1 aliphatic carbocycles.